The zero-order valence-electron chi connectivity index (χ0n) is 10.9. The summed E-state index contributed by atoms with van der Waals surface area (Å²) in [6.07, 6.45) is 4.34. The van der Waals surface area contributed by atoms with Crippen molar-refractivity contribution in [3.05, 3.63) is 0 Å². The van der Waals surface area contributed by atoms with E-state index in [1.807, 2.05) is 0 Å². The van der Waals surface area contributed by atoms with Gasteiger partial charge in [0.2, 0.25) is 0 Å². The highest BCUT2D eigenvalue weighted by Crippen LogP contribution is 2.41. The predicted octanol–water partition coefficient (Wildman–Crippen LogP) is 1.26. The van der Waals surface area contributed by atoms with E-state index in [-0.39, 0.29) is 0 Å². The summed E-state index contributed by atoms with van der Waals surface area (Å²) in [7, 11) is 0. The minimum Gasteiger partial charge on any atom is -0.314 e. The molecule has 0 radical (unpaired) electrons. The molecule has 0 amide bonds. The van der Waals surface area contributed by atoms with Crippen LogP contribution in [0.5, 0.6) is 0 Å². The monoisotopic (exact) mass is 225 g/mol. The van der Waals surface area contributed by atoms with Crippen LogP contribution in [-0.2, 0) is 0 Å². The van der Waals surface area contributed by atoms with E-state index in [2.05, 4.69) is 29.4 Å². The Kier molecular flexibility index (Phi) is 4.22. The summed E-state index contributed by atoms with van der Waals surface area (Å²) in [5.41, 5.74) is 0.492. The Morgan fingerprint density at radius 2 is 1.94 bits per heavy atom. The van der Waals surface area contributed by atoms with Gasteiger partial charge in [0.25, 0.3) is 0 Å². The average molecular weight is 225 g/mol. The maximum Gasteiger partial charge on any atom is 0.0481 e. The predicted molar refractivity (Wildman–Crippen MR) is 68.4 cm³/mol. The first-order chi connectivity index (χ1) is 7.68. The lowest BCUT2D eigenvalue weighted by atomic mass is 9.67. The second kappa shape index (κ2) is 5.48. The van der Waals surface area contributed by atoms with Gasteiger partial charge in [-0.1, -0.05) is 20.3 Å². The van der Waals surface area contributed by atoms with Crippen molar-refractivity contribution in [3.63, 3.8) is 0 Å². The summed E-state index contributed by atoms with van der Waals surface area (Å²) in [5.74, 6) is 0.961. The highest BCUT2D eigenvalue weighted by molar-refractivity contribution is 4.85. The molecule has 0 aromatic heterocycles. The van der Waals surface area contributed by atoms with E-state index in [1.54, 1.807) is 0 Å². The molecule has 2 fully saturated rings. The number of hydrogen-bond donors (Lipinski definition) is 2. The zero-order chi connectivity index (χ0) is 11.4. The van der Waals surface area contributed by atoms with Gasteiger partial charge in [-0.25, -0.2) is 0 Å². The molecule has 3 heteroatoms. The fourth-order valence-electron chi connectivity index (χ4n) is 2.74. The molecular weight excluding hydrogens is 198 g/mol. The Balaban J connectivity index is 1.62. The SMILES string of the molecule is CC(C)(CNCN1CCNCC1)C1CCC1. The van der Waals surface area contributed by atoms with Crippen molar-refractivity contribution in [1.29, 1.82) is 0 Å². The number of rotatable bonds is 5. The fraction of sp³-hybridized carbons (Fsp3) is 1.00. The second-order valence-electron chi connectivity index (χ2n) is 6.07. The van der Waals surface area contributed by atoms with Gasteiger partial charge in [0.1, 0.15) is 0 Å². The maximum absolute atomic E-state index is 3.64. The molecule has 94 valence electrons. The summed E-state index contributed by atoms with van der Waals surface area (Å²) >= 11 is 0. The van der Waals surface area contributed by atoms with E-state index < -0.39 is 0 Å². The van der Waals surface area contributed by atoms with Crippen molar-refractivity contribution in [2.24, 2.45) is 11.3 Å². The van der Waals surface area contributed by atoms with Crippen LogP contribution >= 0.6 is 0 Å². The maximum atomic E-state index is 3.64. The third-order valence-corrected chi connectivity index (χ3v) is 4.34. The van der Waals surface area contributed by atoms with Crippen molar-refractivity contribution < 1.29 is 0 Å². The molecule has 0 bridgehead atoms. The molecule has 2 N–H and O–H groups in total. The third kappa shape index (κ3) is 3.19. The lowest BCUT2D eigenvalue weighted by molar-refractivity contribution is 0.109. The Morgan fingerprint density at radius 1 is 1.25 bits per heavy atom. The standard InChI is InChI=1S/C13H27N3/c1-13(2,12-4-3-5-12)10-15-11-16-8-6-14-7-9-16/h12,14-15H,3-11H2,1-2H3. The summed E-state index contributed by atoms with van der Waals surface area (Å²) in [6.45, 7) is 11.7. The van der Waals surface area contributed by atoms with Gasteiger partial charge in [-0.2, -0.15) is 0 Å². The van der Waals surface area contributed by atoms with E-state index in [0.29, 0.717) is 5.41 Å². The van der Waals surface area contributed by atoms with E-state index >= 15 is 0 Å². The Morgan fingerprint density at radius 3 is 2.50 bits per heavy atom. The molecular formula is C13H27N3. The van der Waals surface area contributed by atoms with Crippen LogP contribution in [-0.4, -0.2) is 44.3 Å². The van der Waals surface area contributed by atoms with Gasteiger partial charge >= 0.3 is 0 Å². The van der Waals surface area contributed by atoms with Crippen molar-refractivity contribution in [2.75, 3.05) is 39.4 Å². The Hall–Kier alpha value is -0.120. The van der Waals surface area contributed by atoms with Crippen molar-refractivity contribution in [3.8, 4) is 0 Å². The summed E-state index contributed by atoms with van der Waals surface area (Å²) in [4.78, 5) is 2.51. The van der Waals surface area contributed by atoms with Crippen LogP contribution in [0.25, 0.3) is 0 Å². The summed E-state index contributed by atoms with van der Waals surface area (Å²) < 4.78 is 0. The quantitative estimate of drug-likeness (QED) is 0.738. The van der Waals surface area contributed by atoms with Crippen LogP contribution in [0.1, 0.15) is 33.1 Å². The molecule has 3 nitrogen and oxygen atoms in total. The highest BCUT2D eigenvalue weighted by Gasteiger charge is 2.33. The normalized spacial score (nSPS) is 24.4. The molecule has 16 heavy (non-hydrogen) atoms. The van der Waals surface area contributed by atoms with Crippen LogP contribution in [0.4, 0.5) is 0 Å². The van der Waals surface area contributed by atoms with E-state index in [9.17, 15) is 0 Å². The number of hydrogen-bond acceptors (Lipinski definition) is 3. The highest BCUT2D eigenvalue weighted by atomic mass is 15.3. The molecule has 1 saturated carbocycles. The van der Waals surface area contributed by atoms with Gasteiger partial charge < -0.3 is 10.6 Å². The summed E-state index contributed by atoms with van der Waals surface area (Å²) in [5, 5.41) is 7.03. The largest absolute Gasteiger partial charge is 0.314 e. The van der Waals surface area contributed by atoms with Crippen molar-refractivity contribution in [1.82, 2.24) is 15.5 Å². The molecule has 0 atom stereocenters. The third-order valence-electron chi connectivity index (χ3n) is 4.34. The molecule has 1 aliphatic heterocycles. The zero-order valence-corrected chi connectivity index (χ0v) is 10.9. The van der Waals surface area contributed by atoms with E-state index in [0.717, 1.165) is 25.7 Å². The van der Waals surface area contributed by atoms with Crippen LogP contribution in [0.3, 0.4) is 0 Å². The Labute approximate surface area is 100.0 Å². The minimum absolute atomic E-state index is 0.492. The molecule has 1 saturated heterocycles. The molecule has 0 unspecified atom stereocenters. The van der Waals surface area contributed by atoms with Crippen LogP contribution < -0.4 is 10.6 Å². The molecule has 2 aliphatic rings. The minimum atomic E-state index is 0.492. The van der Waals surface area contributed by atoms with Gasteiger partial charge in [0, 0.05) is 39.4 Å². The molecule has 2 rings (SSSR count). The van der Waals surface area contributed by atoms with Gasteiger partial charge in [-0.3, -0.25) is 4.90 Å². The fourth-order valence-corrected chi connectivity index (χ4v) is 2.74. The van der Waals surface area contributed by atoms with Crippen LogP contribution in [0, 0.1) is 11.3 Å². The van der Waals surface area contributed by atoms with E-state index in [1.165, 1.54) is 38.9 Å². The topological polar surface area (TPSA) is 27.3 Å². The Bertz CT molecular complexity index is 205. The van der Waals surface area contributed by atoms with E-state index in [4.69, 9.17) is 0 Å². The van der Waals surface area contributed by atoms with Gasteiger partial charge in [0.05, 0.1) is 0 Å². The van der Waals surface area contributed by atoms with Crippen LogP contribution in [0.2, 0.25) is 0 Å². The average Bonchev–Trinajstić information content (AvgIpc) is 2.15. The lowest BCUT2D eigenvalue weighted by Crippen LogP contribution is -2.49. The lowest BCUT2D eigenvalue weighted by Gasteiger charge is -2.41. The van der Waals surface area contributed by atoms with Gasteiger partial charge in [0.15, 0.2) is 0 Å². The first-order valence-corrected chi connectivity index (χ1v) is 6.82. The van der Waals surface area contributed by atoms with Crippen molar-refractivity contribution >= 4 is 0 Å². The molecule has 0 aromatic carbocycles. The summed E-state index contributed by atoms with van der Waals surface area (Å²) in [6, 6.07) is 0. The van der Waals surface area contributed by atoms with Gasteiger partial charge in [-0.15, -0.1) is 0 Å². The van der Waals surface area contributed by atoms with Crippen molar-refractivity contribution in [2.45, 2.75) is 33.1 Å². The smallest absolute Gasteiger partial charge is 0.0481 e. The molecule has 1 heterocycles. The van der Waals surface area contributed by atoms with Gasteiger partial charge in [-0.05, 0) is 24.2 Å². The number of piperazine rings is 1. The first kappa shape index (κ1) is 12.3. The molecule has 0 aromatic rings. The number of nitrogens with zero attached hydrogens (tertiary/aromatic N) is 1. The first-order valence-electron chi connectivity index (χ1n) is 6.82. The molecule has 0 spiro atoms. The van der Waals surface area contributed by atoms with Crippen LogP contribution in [0.15, 0.2) is 0 Å². The number of nitrogens with one attached hydrogen (secondary N) is 2. The second-order valence-corrected chi connectivity index (χ2v) is 6.07. The molecule has 1 aliphatic carbocycles.